The first-order chi connectivity index (χ1) is 8.16. The topological polar surface area (TPSA) is 64.1 Å². The molecule has 17 heavy (non-hydrogen) atoms. The minimum absolute atomic E-state index is 0.00632. The molecule has 1 atom stereocenters. The highest BCUT2D eigenvalue weighted by Crippen LogP contribution is 2.13. The van der Waals surface area contributed by atoms with E-state index in [1.54, 1.807) is 6.20 Å². The summed E-state index contributed by atoms with van der Waals surface area (Å²) in [5.41, 5.74) is 1.29. The quantitative estimate of drug-likeness (QED) is 0.803. The number of ether oxygens (including phenoxy) is 1. The summed E-state index contributed by atoms with van der Waals surface area (Å²) >= 11 is 0. The number of carbonyl (C=O) groups excluding carboxylic acids is 1. The molecule has 1 aliphatic rings. The normalized spacial score (nSPS) is 19.3. The van der Waals surface area contributed by atoms with Crippen molar-refractivity contribution >= 4 is 11.7 Å². The summed E-state index contributed by atoms with van der Waals surface area (Å²) in [6.07, 6.45) is 4.03. The van der Waals surface area contributed by atoms with Gasteiger partial charge in [0.25, 0.3) is 0 Å². The molecule has 0 spiro atoms. The molecule has 0 saturated carbocycles. The summed E-state index contributed by atoms with van der Waals surface area (Å²) in [5, 5.41) is 3.14. The zero-order valence-corrected chi connectivity index (χ0v) is 10.2. The third-order valence-electron chi connectivity index (χ3n) is 2.87. The lowest BCUT2D eigenvalue weighted by atomic mass is 10.2. The number of anilines is 1. The molecular formula is C12H17N3O2. The molecule has 1 aliphatic heterocycles. The van der Waals surface area contributed by atoms with Crippen molar-refractivity contribution in [3.8, 4) is 0 Å². The fourth-order valence-corrected chi connectivity index (χ4v) is 1.91. The van der Waals surface area contributed by atoms with E-state index in [0.717, 1.165) is 26.0 Å². The summed E-state index contributed by atoms with van der Waals surface area (Å²) in [7, 11) is 0. The minimum atomic E-state index is -0.00632. The maximum atomic E-state index is 11.2. The first kappa shape index (κ1) is 12.0. The molecule has 2 rings (SSSR count). The van der Waals surface area contributed by atoms with Crippen molar-refractivity contribution in [2.24, 2.45) is 0 Å². The van der Waals surface area contributed by atoms with E-state index in [1.807, 2.05) is 6.92 Å². The molecule has 0 unspecified atom stereocenters. The number of Topliss-reactive ketones (excluding diaryl/α,β-unsaturated/α-hetero) is 1. The molecular weight excluding hydrogens is 218 g/mol. The fourth-order valence-electron chi connectivity index (χ4n) is 1.91. The van der Waals surface area contributed by atoms with Gasteiger partial charge in [-0.05, 0) is 26.7 Å². The Kier molecular flexibility index (Phi) is 3.68. The van der Waals surface area contributed by atoms with Gasteiger partial charge in [-0.15, -0.1) is 0 Å². The maximum Gasteiger partial charge on any atom is 0.222 e. The van der Waals surface area contributed by atoms with E-state index in [9.17, 15) is 4.79 Å². The maximum absolute atomic E-state index is 11.2. The Morgan fingerprint density at radius 3 is 3.06 bits per heavy atom. The first-order valence-corrected chi connectivity index (χ1v) is 5.87. The summed E-state index contributed by atoms with van der Waals surface area (Å²) in [4.78, 5) is 19.6. The average molecular weight is 235 g/mol. The van der Waals surface area contributed by atoms with Crippen LogP contribution >= 0.6 is 0 Å². The molecule has 0 amide bonds. The second kappa shape index (κ2) is 5.23. The van der Waals surface area contributed by atoms with Gasteiger partial charge in [0, 0.05) is 19.3 Å². The zero-order valence-electron chi connectivity index (χ0n) is 10.2. The standard InChI is InChI=1S/C12H17N3O2/c1-8-11(9(2)16)7-14-12(15-8)13-6-10-4-3-5-17-10/h7,10H,3-6H2,1-2H3,(H,13,14,15)/t10-/m1/s1. The number of aromatic nitrogens is 2. The number of aryl methyl sites for hydroxylation is 1. The Morgan fingerprint density at radius 1 is 1.65 bits per heavy atom. The highest BCUT2D eigenvalue weighted by atomic mass is 16.5. The van der Waals surface area contributed by atoms with E-state index in [1.165, 1.54) is 6.92 Å². The van der Waals surface area contributed by atoms with Crippen molar-refractivity contribution in [1.29, 1.82) is 0 Å². The molecule has 0 radical (unpaired) electrons. The van der Waals surface area contributed by atoms with Crippen molar-refractivity contribution in [1.82, 2.24) is 9.97 Å². The van der Waals surface area contributed by atoms with Crippen LogP contribution in [0.15, 0.2) is 6.20 Å². The van der Waals surface area contributed by atoms with E-state index < -0.39 is 0 Å². The van der Waals surface area contributed by atoms with Crippen LogP contribution in [0.25, 0.3) is 0 Å². The first-order valence-electron chi connectivity index (χ1n) is 5.87. The van der Waals surface area contributed by atoms with E-state index in [-0.39, 0.29) is 11.9 Å². The fraction of sp³-hybridized carbons (Fsp3) is 0.583. The van der Waals surface area contributed by atoms with Gasteiger partial charge in [-0.1, -0.05) is 0 Å². The van der Waals surface area contributed by atoms with Gasteiger partial charge in [0.1, 0.15) is 0 Å². The summed E-state index contributed by atoms with van der Waals surface area (Å²) in [6.45, 7) is 4.90. The summed E-state index contributed by atoms with van der Waals surface area (Å²) in [5.74, 6) is 0.552. The zero-order chi connectivity index (χ0) is 12.3. The number of ketones is 1. The second-order valence-electron chi connectivity index (χ2n) is 4.26. The highest BCUT2D eigenvalue weighted by molar-refractivity contribution is 5.94. The molecule has 0 aromatic carbocycles. The predicted molar refractivity (Wildman–Crippen MR) is 64.2 cm³/mol. The van der Waals surface area contributed by atoms with Gasteiger partial charge in [0.05, 0.1) is 17.4 Å². The van der Waals surface area contributed by atoms with Gasteiger partial charge in [-0.2, -0.15) is 0 Å². The van der Waals surface area contributed by atoms with Crippen LogP contribution in [0.1, 0.15) is 35.8 Å². The van der Waals surface area contributed by atoms with Gasteiger partial charge in [-0.3, -0.25) is 4.79 Å². The second-order valence-corrected chi connectivity index (χ2v) is 4.26. The third-order valence-corrected chi connectivity index (χ3v) is 2.87. The number of nitrogens with zero attached hydrogens (tertiary/aromatic N) is 2. The van der Waals surface area contributed by atoms with E-state index >= 15 is 0 Å². The number of nitrogens with one attached hydrogen (secondary N) is 1. The molecule has 92 valence electrons. The Hall–Kier alpha value is -1.49. The van der Waals surface area contributed by atoms with Crippen LogP contribution in [0, 0.1) is 6.92 Å². The summed E-state index contributed by atoms with van der Waals surface area (Å²) in [6, 6.07) is 0. The van der Waals surface area contributed by atoms with Gasteiger partial charge in [0.15, 0.2) is 5.78 Å². The van der Waals surface area contributed by atoms with Crippen molar-refractivity contribution in [3.63, 3.8) is 0 Å². The van der Waals surface area contributed by atoms with Crippen LogP contribution < -0.4 is 5.32 Å². The molecule has 0 bridgehead atoms. The Morgan fingerprint density at radius 2 is 2.47 bits per heavy atom. The van der Waals surface area contributed by atoms with Crippen LogP contribution in [0.3, 0.4) is 0 Å². The molecule has 1 fully saturated rings. The Balaban J connectivity index is 1.97. The monoisotopic (exact) mass is 235 g/mol. The molecule has 1 N–H and O–H groups in total. The van der Waals surface area contributed by atoms with Crippen LogP contribution in [-0.4, -0.2) is 35.0 Å². The van der Waals surface area contributed by atoms with Gasteiger partial charge in [0.2, 0.25) is 5.95 Å². The average Bonchev–Trinajstić information content (AvgIpc) is 2.78. The van der Waals surface area contributed by atoms with Crippen molar-refractivity contribution < 1.29 is 9.53 Å². The number of rotatable bonds is 4. The third kappa shape index (κ3) is 3.00. The van der Waals surface area contributed by atoms with Crippen molar-refractivity contribution in [3.05, 3.63) is 17.5 Å². The molecule has 1 aromatic rings. The number of hydrogen-bond donors (Lipinski definition) is 1. The molecule has 5 heteroatoms. The van der Waals surface area contributed by atoms with E-state index in [4.69, 9.17) is 4.74 Å². The SMILES string of the molecule is CC(=O)c1cnc(NC[C@H]2CCCO2)nc1C. The van der Waals surface area contributed by atoms with Crippen LogP contribution in [-0.2, 0) is 4.74 Å². The molecule has 2 heterocycles. The van der Waals surface area contributed by atoms with Crippen LogP contribution in [0.2, 0.25) is 0 Å². The summed E-state index contributed by atoms with van der Waals surface area (Å²) < 4.78 is 5.49. The Bertz CT molecular complexity index is 414. The van der Waals surface area contributed by atoms with E-state index in [0.29, 0.717) is 17.2 Å². The lowest BCUT2D eigenvalue weighted by molar-refractivity contribution is 0.101. The molecule has 0 aliphatic carbocycles. The van der Waals surface area contributed by atoms with Crippen molar-refractivity contribution in [2.75, 3.05) is 18.5 Å². The van der Waals surface area contributed by atoms with Gasteiger partial charge >= 0.3 is 0 Å². The molecule has 5 nitrogen and oxygen atoms in total. The number of hydrogen-bond acceptors (Lipinski definition) is 5. The molecule has 1 saturated heterocycles. The highest BCUT2D eigenvalue weighted by Gasteiger charge is 2.15. The van der Waals surface area contributed by atoms with Crippen LogP contribution in [0.5, 0.6) is 0 Å². The van der Waals surface area contributed by atoms with Crippen LogP contribution in [0.4, 0.5) is 5.95 Å². The van der Waals surface area contributed by atoms with Crippen molar-refractivity contribution in [2.45, 2.75) is 32.8 Å². The largest absolute Gasteiger partial charge is 0.376 e. The smallest absolute Gasteiger partial charge is 0.222 e. The minimum Gasteiger partial charge on any atom is -0.376 e. The van der Waals surface area contributed by atoms with Gasteiger partial charge < -0.3 is 10.1 Å². The van der Waals surface area contributed by atoms with E-state index in [2.05, 4.69) is 15.3 Å². The lowest BCUT2D eigenvalue weighted by Crippen LogP contribution is -2.20. The van der Waals surface area contributed by atoms with Gasteiger partial charge in [-0.25, -0.2) is 9.97 Å². The predicted octanol–water partition coefficient (Wildman–Crippen LogP) is 1.58. The molecule has 1 aromatic heterocycles. The number of carbonyl (C=O) groups is 1. The lowest BCUT2D eigenvalue weighted by Gasteiger charge is -2.11. The Labute approximate surface area is 101 Å².